The van der Waals surface area contributed by atoms with Crippen molar-refractivity contribution in [2.45, 2.75) is 26.1 Å². The number of nitrogens with one attached hydrogen (secondary N) is 3. The number of hydrogen-bond acceptors (Lipinski definition) is 11. The molecule has 0 unspecified atom stereocenters. The molecule has 218 valence electrons. The number of aliphatic hydroxyl groups excluding tert-OH is 1. The molecule has 2 atom stereocenters. The largest absolute Gasteiger partial charge is 0.493 e. The minimum Gasteiger partial charge on any atom is -0.493 e. The fourth-order valence-corrected chi connectivity index (χ4v) is 4.45. The summed E-state index contributed by atoms with van der Waals surface area (Å²) in [5.74, 6) is 0.898. The third-order valence-electron chi connectivity index (χ3n) is 5.64. The molecule has 14 heteroatoms. The van der Waals surface area contributed by atoms with E-state index in [1.165, 1.54) is 20.4 Å². The van der Waals surface area contributed by atoms with Gasteiger partial charge in [-0.15, -0.1) is 0 Å². The van der Waals surface area contributed by atoms with E-state index in [2.05, 4.69) is 37.1 Å². The molecule has 2 amide bonds. The van der Waals surface area contributed by atoms with Gasteiger partial charge in [0, 0.05) is 5.70 Å². The fraction of sp³-hybridized carbons (Fsp3) is 0.333. The van der Waals surface area contributed by atoms with E-state index in [1.54, 1.807) is 44.2 Å². The zero-order chi connectivity index (χ0) is 29.9. The summed E-state index contributed by atoms with van der Waals surface area (Å²) < 4.78 is 27.6. The van der Waals surface area contributed by atoms with Gasteiger partial charge in [-0.25, -0.2) is 9.59 Å². The van der Waals surface area contributed by atoms with E-state index in [1.807, 2.05) is 6.07 Å². The molecule has 2 aromatic carbocycles. The highest BCUT2D eigenvalue weighted by molar-refractivity contribution is 9.10. The van der Waals surface area contributed by atoms with Gasteiger partial charge < -0.3 is 39.4 Å². The number of benzene rings is 2. The summed E-state index contributed by atoms with van der Waals surface area (Å²) in [7, 11) is 2.74. The number of nitriles is 1. The smallest absolute Gasteiger partial charge is 0.337 e. The number of nitrogens with zero attached hydrogens (tertiary/aromatic N) is 2. The van der Waals surface area contributed by atoms with Crippen LogP contribution in [0.2, 0.25) is 0 Å². The van der Waals surface area contributed by atoms with Crippen molar-refractivity contribution in [3.8, 4) is 29.1 Å². The molecular formula is C27H30BrN5O8. The number of carbonyl (C=O) groups is 2. The first-order valence-electron chi connectivity index (χ1n) is 12.3. The van der Waals surface area contributed by atoms with Crippen molar-refractivity contribution in [2.24, 2.45) is 5.10 Å². The summed E-state index contributed by atoms with van der Waals surface area (Å²) in [6, 6.07) is 9.00. The third kappa shape index (κ3) is 8.03. The third-order valence-corrected chi connectivity index (χ3v) is 6.23. The quantitative estimate of drug-likeness (QED) is 0.111. The molecule has 1 aliphatic heterocycles. The van der Waals surface area contributed by atoms with E-state index >= 15 is 0 Å². The van der Waals surface area contributed by atoms with Crippen LogP contribution in [-0.2, 0) is 9.53 Å². The maximum absolute atomic E-state index is 12.4. The Labute approximate surface area is 245 Å². The van der Waals surface area contributed by atoms with Gasteiger partial charge in [0.25, 0.3) is 0 Å². The van der Waals surface area contributed by atoms with Gasteiger partial charge in [-0.2, -0.15) is 10.4 Å². The number of rotatable bonds is 13. The normalized spacial score (nSPS) is 15.3. The van der Waals surface area contributed by atoms with E-state index in [4.69, 9.17) is 28.9 Å². The monoisotopic (exact) mass is 631 g/mol. The summed E-state index contributed by atoms with van der Waals surface area (Å²) >= 11 is 3.38. The van der Waals surface area contributed by atoms with Crippen LogP contribution in [0.25, 0.3) is 0 Å². The van der Waals surface area contributed by atoms with Crippen LogP contribution in [0.4, 0.5) is 4.79 Å². The lowest BCUT2D eigenvalue weighted by atomic mass is 9.95. The van der Waals surface area contributed by atoms with Crippen LogP contribution < -0.4 is 35.0 Å². The average Bonchev–Trinajstić information content (AvgIpc) is 2.95. The Morgan fingerprint density at radius 1 is 1.22 bits per heavy atom. The lowest BCUT2D eigenvalue weighted by molar-refractivity contribution is -0.136. The van der Waals surface area contributed by atoms with Crippen LogP contribution in [0.1, 0.15) is 31.0 Å². The van der Waals surface area contributed by atoms with Gasteiger partial charge in [0.2, 0.25) is 0 Å². The van der Waals surface area contributed by atoms with Gasteiger partial charge in [0.1, 0.15) is 12.7 Å². The standard InChI is InChI=1S/C27H30BrN5O8/c1-5-39-20-12-17(24-23(26(35)38-4)15(2)31-27(36)32-24)6-7-19(20)41-14-22(34)33-30-13-16-10-18(28)25(40-9-8-29)21(11-16)37-3/h6-7,10-13,22,24,33-34H,5,9,14H2,1-4H3,(H2,31,32,36)/b30-13-/t22-,24-/m1/s1. The Hall–Kier alpha value is -4.48. The minimum absolute atomic E-state index is 0.135. The molecule has 1 heterocycles. The molecule has 0 saturated heterocycles. The molecule has 41 heavy (non-hydrogen) atoms. The van der Waals surface area contributed by atoms with Crippen LogP contribution in [-0.4, -0.2) is 63.6 Å². The second kappa shape index (κ2) is 14.8. The second-order valence-corrected chi connectivity index (χ2v) is 9.25. The highest BCUT2D eigenvalue weighted by Crippen LogP contribution is 2.37. The first-order valence-corrected chi connectivity index (χ1v) is 13.1. The molecule has 0 aromatic heterocycles. The number of carbonyl (C=O) groups excluding carboxylic acids is 2. The van der Waals surface area contributed by atoms with Crippen LogP contribution in [0.3, 0.4) is 0 Å². The van der Waals surface area contributed by atoms with Crippen LogP contribution in [0, 0.1) is 11.3 Å². The van der Waals surface area contributed by atoms with E-state index in [0.717, 1.165) is 0 Å². The molecule has 0 bridgehead atoms. The fourth-order valence-electron chi connectivity index (χ4n) is 3.88. The predicted octanol–water partition coefficient (Wildman–Crippen LogP) is 2.88. The number of hydrazone groups is 1. The number of urea groups is 1. The van der Waals surface area contributed by atoms with Crippen molar-refractivity contribution in [1.82, 2.24) is 16.1 Å². The Balaban J connectivity index is 1.69. The van der Waals surface area contributed by atoms with Gasteiger partial charge >= 0.3 is 12.0 Å². The van der Waals surface area contributed by atoms with E-state index in [0.29, 0.717) is 50.9 Å². The second-order valence-electron chi connectivity index (χ2n) is 8.40. The molecule has 3 rings (SSSR count). The number of esters is 1. The van der Waals surface area contributed by atoms with Gasteiger partial charge in [0.15, 0.2) is 35.8 Å². The molecule has 0 spiro atoms. The Morgan fingerprint density at radius 2 is 2.00 bits per heavy atom. The molecule has 2 aromatic rings. The molecule has 1 aliphatic rings. The van der Waals surface area contributed by atoms with Crippen molar-refractivity contribution < 1.29 is 38.4 Å². The van der Waals surface area contributed by atoms with Crippen molar-refractivity contribution in [1.29, 1.82) is 5.26 Å². The SMILES string of the molecule is CCOc1cc([C@H]2NC(=O)NC(C)=C2C(=O)OC)ccc1OC[C@@H](O)N/N=C\c1cc(Br)c(OCC#N)c(OC)c1. The lowest BCUT2D eigenvalue weighted by Crippen LogP contribution is -2.45. The predicted molar refractivity (Wildman–Crippen MR) is 151 cm³/mol. The van der Waals surface area contributed by atoms with Crippen molar-refractivity contribution in [3.05, 3.63) is 57.2 Å². The maximum atomic E-state index is 12.4. The minimum atomic E-state index is -1.18. The van der Waals surface area contributed by atoms with E-state index < -0.39 is 24.3 Å². The lowest BCUT2D eigenvalue weighted by Gasteiger charge is -2.28. The number of methoxy groups -OCH3 is 2. The number of allylic oxidation sites excluding steroid dienone is 1. The molecule has 0 radical (unpaired) electrons. The number of amides is 2. The van der Waals surface area contributed by atoms with Gasteiger partial charge in [-0.3, -0.25) is 5.43 Å². The summed E-state index contributed by atoms with van der Waals surface area (Å²) in [6.07, 6.45) is 0.288. The van der Waals surface area contributed by atoms with E-state index in [-0.39, 0.29) is 18.8 Å². The van der Waals surface area contributed by atoms with Crippen LogP contribution in [0.5, 0.6) is 23.0 Å². The highest BCUT2D eigenvalue weighted by Gasteiger charge is 2.32. The van der Waals surface area contributed by atoms with Crippen molar-refractivity contribution in [2.75, 3.05) is 34.0 Å². The first kappa shape index (κ1) is 31.1. The molecule has 0 aliphatic carbocycles. The molecule has 0 saturated carbocycles. The van der Waals surface area contributed by atoms with Crippen LogP contribution >= 0.6 is 15.9 Å². The van der Waals surface area contributed by atoms with Gasteiger partial charge in [-0.05, 0) is 65.2 Å². The summed E-state index contributed by atoms with van der Waals surface area (Å²) in [5, 5.41) is 28.5. The topological polar surface area (TPSA) is 173 Å². The van der Waals surface area contributed by atoms with Gasteiger partial charge in [0.05, 0.1) is 43.1 Å². The molecular weight excluding hydrogens is 602 g/mol. The summed E-state index contributed by atoms with van der Waals surface area (Å²) in [4.78, 5) is 24.5. The number of aliphatic hydroxyl groups is 1. The zero-order valence-corrected chi connectivity index (χ0v) is 24.4. The van der Waals surface area contributed by atoms with Gasteiger partial charge in [-0.1, -0.05) is 6.07 Å². The Morgan fingerprint density at radius 3 is 2.68 bits per heavy atom. The van der Waals surface area contributed by atoms with Crippen molar-refractivity contribution >= 4 is 34.1 Å². The average molecular weight is 632 g/mol. The van der Waals surface area contributed by atoms with Crippen molar-refractivity contribution in [3.63, 3.8) is 0 Å². The number of hydrogen-bond donors (Lipinski definition) is 4. The number of halogens is 1. The first-order chi connectivity index (χ1) is 19.7. The highest BCUT2D eigenvalue weighted by atomic mass is 79.9. The summed E-state index contributed by atoms with van der Waals surface area (Å²) in [5.41, 5.74) is 4.42. The Kier molecular flexibility index (Phi) is 11.2. The zero-order valence-electron chi connectivity index (χ0n) is 22.8. The molecule has 13 nitrogen and oxygen atoms in total. The Bertz CT molecular complexity index is 1370. The van der Waals surface area contributed by atoms with E-state index in [9.17, 15) is 14.7 Å². The number of ether oxygens (including phenoxy) is 5. The molecule has 4 N–H and O–H groups in total. The summed E-state index contributed by atoms with van der Waals surface area (Å²) in [6.45, 7) is 3.42. The maximum Gasteiger partial charge on any atom is 0.337 e. The van der Waals surface area contributed by atoms with Crippen LogP contribution in [0.15, 0.2) is 51.2 Å². The molecule has 0 fully saturated rings.